The van der Waals surface area contributed by atoms with E-state index in [1.807, 2.05) is 0 Å². The van der Waals surface area contributed by atoms with E-state index in [0.29, 0.717) is 6.04 Å². The molecule has 4 nitrogen and oxygen atoms in total. The summed E-state index contributed by atoms with van der Waals surface area (Å²) in [5, 5.41) is 3.41. The van der Waals surface area contributed by atoms with Crippen LogP contribution in [0.15, 0.2) is 4.99 Å². The van der Waals surface area contributed by atoms with Crippen LogP contribution in [0.5, 0.6) is 0 Å². The van der Waals surface area contributed by atoms with Crippen molar-refractivity contribution in [3.8, 4) is 0 Å². The largest absolute Gasteiger partial charge is 0.352 e. The van der Waals surface area contributed by atoms with Gasteiger partial charge in [0.15, 0.2) is 0 Å². The summed E-state index contributed by atoms with van der Waals surface area (Å²) in [7, 11) is 1.76. The molecule has 0 aromatic carbocycles. The van der Waals surface area contributed by atoms with E-state index in [9.17, 15) is 0 Å². The molecule has 4 N–H and O–H groups in total. The van der Waals surface area contributed by atoms with Crippen LogP contribution >= 0.6 is 0 Å². The Hall–Kier alpha value is -0.770. The van der Waals surface area contributed by atoms with Crippen molar-refractivity contribution in [3.05, 3.63) is 0 Å². The summed E-state index contributed by atoms with van der Waals surface area (Å²) in [4.78, 5) is 4.05. The third kappa shape index (κ3) is 1.00. The van der Waals surface area contributed by atoms with E-state index in [-0.39, 0.29) is 0 Å². The topological polar surface area (TPSA) is 62.4 Å². The van der Waals surface area contributed by atoms with Gasteiger partial charge in [0.25, 0.3) is 0 Å². The minimum atomic E-state index is 0.663. The number of hydrogen-bond donors (Lipinski definition) is 3. The number of guanidine groups is 1. The second kappa shape index (κ2) is 2.86. The van der Waals surface area contributed by atoms with Crippen molar-refractivity contribution in [1.82, 2.24) is 10.7 Å². The molecule has 0 aromatic rings. The Morgan fingerprint density at radius 1 is 1.29 bits per heavy atom. The summed E-state index contributed by atoms with van der Waals surface area (Å²) in [5.41, 5.74) is 2.60. The number of nitrogens with one attached hydrogen (secondary N) is 2. The van der Waals surface area contributed by atoms with Crippen molar-refractivity contribution in [2.24, 2.45) is 34.5 Å². The highest BCUT2D eigenvalue weighted by atomic mass is 15.3. The minimum absolute atomic E-state index is 0.663. The maximum Gasteiger partial charge on any atom is 0.205 e. The second-order valence-corrected chi connectivity index (χ2v) is 4.87. The zero-order valence-electron chi connectivity index (χ0n) is 8.53. The SMILES string of the molecule is CN=C(NN)NC1C2C3CCC(C3)C12. The zero-order chi connectivity index (χ0) is 9.71. The van der Waals surface area contributed by atoms with Gasteiger partial charge in [0, 0.05) is 13.1 Å². The highest BCUT2D eigenvalue weighted by Gasteiger charge is 2.65. The first-order valence-corrected chi connectivity index (χ1v) is 5.55. The van der Waals surface area contributed by atoms with Crippen LogP contribution in [0.3, 0.4) is 0 Å². The van der Waals surface area contributed by atoms with Crippen molar-refractivity contribution >= 4 is 5.96 Å². The maximum absolute atomic E-state index is 5.35. The summed E-state index contributed by atoms with van der Waals surface area (Å²) in [5.74, 6) is 9.95. The zero-order valence-corrected chi connectivity index (χ0v) is 8.53. The molecule has 0 heterocycles. The molecular formula is C10H18N4. The normalized spacial score (nSPS) is 49.0. The summed E-state index contributed by atoms with van der Waals surface area (Å²) in [6.07, 6.45) is 4.40. The molecule has 0 aliphatic heterocycles. The van der Waals surface area contributed by atoms with Crippen LogP contribution in [-0.2, 0) is 0 Å². The quantitative estimate of drug-likeness (QED) is 0.239. The molecule has 0 saturated heterocycles. The molecule has 78 valence electrons. The van der Waals surface area contributed by atoms with Gasteiger partial charge in [-0.1, -0.05) is 0 Å². The van der Waals surface area contributed by atoms with Crippen LogP contribution < -0.4 is 16.6 Å². The first kappa shape index (κ1) is 8.53. The average molecular weight is 194 g/mol. The van der Waals surface area contributed by atoms with Crippen LogP contribution in [-0.4, -0.2) is 19.0 Å². The van der Waals surface area contributed by atoms with Crippen LogP contribution in [0, 0.1) is 23.7 Å². The van der Waals surface area contributed by atoms with E-state index in [0.717, 1.165) is 29.6 Å². The number of nitrogens with zero attached hydrogens (tertiary/aromatic N) is 1. The number of aliphatic imine (C=N–C) groups is 1. The van der Waals surface area contributed by atoms with Gasteiger partial charge in [-0.2, -0.15) is 0 Å². The lowest BCUT2D eigenvalue weighted by Crippen LogP contribution is -2.43. The smallest absolute Gasteiger partial charge is 0.205 e. The molecule has 4 heteroatoms. The molecule has 0 spiro atoms. The van der Waals surface area contributed by atoms with Gasteiger partial charge in [-0.3, -0.25) is 10.4 Å². The Morgan fingerprint density at radius 3 is 2.43 bits per heavy atom. The van der Waals surface area contributed by atoms with E-state index in [4.69, 9.17) is 5.84 Å². The van der Waals surface area contributed by atoms with Gasteiger partial charge in [0.1, 0.15) is 0 Å². The summed E-state index contributed by atoms with van der Waals surface area (Å²) < 4.78 is 0. The van der Waals surface area contributed by atoms with Crippen LogP contribution in [0.4, 0.5) is 0 Å². The minimum Gasteiger partial charge on any atom is -0.352 e. The van der Waals surface area contributed by atoms with Crippen molar-refractivity contribution in [3.63, 3.8) is 0 Å². The third-order valence-corrected chi connectivity index (χ3v) is 4.40. The first-order valence-electron chi connectivity index (χ1n) is 5.55. The molecule has 3 saturated carbocycles. The van der Waals surface area contributed by atoms with Crippen LogP contribution in [0.25, 0.3) is 0 Å². The molecule has 4 unspecified atom stereocenters. The van der Waals surface area contributed by atoms with Gasteiger partial charge < -0.3 is 5.32 Å². The monoisotopic (exact) mass is 194 g/mol. The second-order valence-electron chi connectivity index (χ2n) is 4.87. The van der Waals surface area contributed by atoms with Crippen molar-refractivity contribution in [2.45, 2.75) is 25.3 Å². The van der Waals surface area contributed by atoms with Crippen LogP contribution in [0.1, 0.15) is 19.3 Å². The van der Waals surface area contributed by atoms with E-state index >= 15 is 0 Å². The van der Waals surface area contributed by atoms with E-state index in [1.54, 1.807) is 7.05 Å². The predicted molar refractivity (Wildman–Crippen MR) is 55.4 cm³/mol. The van der Waals surface area contributed by atoms with Crippen molar-refractivity contribution in [1.29, 1.82) is 0 Å². The molecule has 3 fully saturated rings. The first-order chi connectivity index (χ1) is 6.85. The Balaban J connectivity index is 1.64. The molecular weight excluding hydrogens is 176 g/mol. The lowest BCUT2D eigenvalue weighted by Gasteiger charge is -2.12. The standard InChI is InChI=1S/C10H18N4/c1-12-10(14-11)13-9-7-5-2-3-6(4-5)8(7)9/h5-9H,2-4,11H2,1H3,(H2,12,13,14). The van der Waals surface area contributed by atoms with Gasteiger partial charge in [-0.15, -0.1) is 0 Å². The van der Waals surface area contributed by atoms with E-state index in [2.05, 4.69) is 15.7 Å². The summed E-state index contributed by atoms with van der Waals surface area (Å²) in [6, 6.07) is 0.663. The molecule has 0 aromatic heterocycles. The molecule has 4 atom stereocenters. The fourth-order valence-electron chi connectivity index (χ4n) is 3.85. The molecule has 2 bridgehead atoms. The van der Waals surface area contributed by atoms with Gasteiger partial charge >= 0.3 is 0 Å². The summed E-state index contributed by atoms with van der Waals surface area (Å²) in [6.45, 7) is 0. The Kier molecular flexibility index (Phi) is 1.74. The lowest BCUT2D eigenvalue weighted by atomic mass is 10.0. The molecule has 3 aliphatic rings. The van der Waals surface area contributed by atoms with Gasteiger partial charge in [0.05, 0.1) is 0 Å². The highest BCUT2D eigenvalue weighted by Crippen LogP contribution is 2.65. The Bertz CT molecular complexity index is 259. The van der Waals surface area contributed by atoms with Crippen molar-refractivity contribution in [2.75, 3.05) is 7.05 Å². The maximum atomic E-state index is 5.35. The molecule has 0 amide bonds. The fraction of sp³-hybridized carbons (Fsp3) is 0.900. The van der Waals surface area contributed by atoms with E-state index in [1.165, 1.54) is 19.3 Å². The highest BCUT2D eigenvalue weighted by molar-refractivity contribution is 5.79. The number of nitrogens with two attached hydrogens (primary N) is 1. The third-order valence-electron chi connectivity index (χ3n) is 4.40. The summed E-state index contributed by atoms with van der Waals surface area (Å²) >= 11 is 0. The van der Waals surface area contributed by atoms with Gasteiger partial charge in [-0.05, 0) is 42.9 Å². The molecule has 3 rings (SSSR count). The predicted octanol–water partition coefficient (Wildman–Crippen LogP) is 0.0696. The molecule has 14 heavy (non-hydrogen) atoms. The van der Waals surface area contributed by atoms with Crippen LogP contribution in [0.2, 0.25) is 0 Å². The Morgan fingerprint density at radius 2 is 1.93 bits per heavy atom. The number of hydrogen-bond acceptors (Lipinski definition) is 2. The van der Waals surface area contributed by atoms with E-state index < -0.39 is 0 Å². The van der Waals surface area contributed by atoms with Crippen molar-refractivity contribution < 1.29 is 0 Å². The number of hydrazine groups is 1. The lowest BCUT2D eigenvalue weighted by molar-refractivity contribution is 0.456. The number of rotatable bonds is 1. The molecule has 0 radical (unpaired) electrons. The van der Waals surface area contributed by atoms with Gasteiger partial charge in [0.2, 0.25) is 5.96 Å². The molecule has 3 aliphatic carbocycles. The van der Waals surface area contributed by atoms with Gasteiger partial charge in [-0.25, -0.2) is 5.84 Å². The number of fused-ring (bicyclic) bond motifs is 5. The average Bonchev–Trinajstić information content (AvgIpc) is 2.62. The Labute approximate surface area is 84.3 Å². The fourth-order valence-corrected chi connectivity index (χ4v) is 3.85.